The number of hydrogen-bond donors (Lipinski definition) is 0. The van der Waals surface area contributed by atoms with E-state index in [2.05, 4.69) is 0 Å². The van der Waals surface area contributed by atoms with Crippen molar-refractivity contribution < 1.29 is 13.9 Å². The third-order valence-corrected chi connectivity index (χ3v) is 5.16. The summed E-state index contributed by atoms with van der Waals surface area (Å²) in [4.78, 5) is 25.1. The zero-order chi connectivity index (χ0) is 19.0. The number of ether oxygens (including phenoxy) is 1. The Morgan fingerprint density at radius 2 is 1.78 bits per heavy atom. The monoisotopic (exact) mass is 362 g/mol. The normalized spacial score (nSPS) is 14.6. The molecule has 2 aromatic carbocycles. The molecule has 138 valence electrons. The second-order valence-electron chi connectivity index (χ2n) is 7.18. The molecule has 0 amide bonds. The fraction of sp³-hybridized carbons (Fsp3) is 0.304. The molecule has 1 atom stereocenters. The number of carbonyl (C=O) groups excluding carboxylic acids is 1. The second kappa shape index (κ2) is 7.03. The summed E-state index contributed by atoms with van der Waals surface area (Å²) in [7, 11) is 0. The van der Waals surface area contributed by atoms with Gasteiger partial charge in [-0.3, -0.25) is 4.79 Å². The smallest absolute Gasteiger partial charge is 0.339 e. The molecule has 1 aliphatic rings. The molecule has 0 unspecified atom stereocenters. The van der Waals surface area contributed by atoms with Gasteiger partial charge in [-0.05, 0) is 62.8 Å². The molecule has 27 heavy (non-hydrogen) atoms. The maximum Gasteiger partial charge on any atom is 0.339 e. The SMILES string of the molecule is Cc1cc(O[C@H](C)C(=O)c2ccccc2)c2c3c(c(=O)oc2c1)CCCC3. The van der Waals surface area contributed by atoms with Crippen LogP contribution in [0, 0.1) is 6.92 Å². The van der Waals surface area contributed by atoms with E-state index in [1.807, 2.05) is 37.3 Å². The first-order valence-electron chi connectivity index (χ1n) is 9.39. The van der Waals surface area contributed by atoms with Crippen LogP contribution in [0.1, 0.15) is 46.8 Å². The summed E-state index contributed by atoms with van der Waals surface area (Å²) < 4.78 is 11.7. The molecule has 0 saturated carbocycles. The van der Waals surface area contributed by atoms with Crippen LogP contribution in [0.2, 0.25) is 0 Å². The van der Waals surface area contributed by atoms with Gasteiger partial charge in [0.2, 0.25) is 5.78 Å². The van der Waals surface area contributed by atoms with E-state index < -0.39 is 6.10 Å². The van der Waals surface area contributed by atoms with E-state index >= 15 is 0 Å². The minimum atomic E-state index is -0.636. The van der Waals surface area contributed by atoms with Gasteiger partial charge in [-0.2, -0.15) is 0 Å². The van der Waals surface area contributed by atoms with E-state index in [1.54, 1.807) is 19.1 Å². The average Bonchev–Trinajstić information content (AvgIpc) is 2.67. The molecule has 0 spiro atoms. The highest BCUT2D eigenvalue weighted by atomic mass is 16.5. The molecule has 0 bridgehead atoms. The summed E-state index contributed by atoms with van der Waals surface area (Å²) in [6, 6.07) is 12.9. The minimum Gasteiger partial charge on any atom is -0.482 e. The Bertz CT molecular complexity index is 1060. The molecule has 0 aliphatic heterocycles. The third kappa shape index (κ3) is 3.27. The number of rotatable bonds is 4. The van der Waals surface area contributed by atoms with Gasteiger partial charge in [0, 0.05) is 11.1 Å². The minimum absolute atomic E-state index is 0.0727. The Kier molecular flexibility index (Phi) is 4.56. The predicted molar refractivity (Wildman–Crippen MR) is 105 cm³/mol. The van der Waals surface area contributed by atoms with Crippen LogP contribution in [0.25, 0.3) is 11.0 Å². The van der Waals surface area contributed by atoms with Crippen LogP contribution in [0.5, 0.6) is 5.75 Å². The molecular weight excluding hydrogens is 340 g/mol. The van der Waals surface area contributed by atoms with E-state index in [9.17, 15) is 9.59 Å². The van der Waals surface area contributed by atoms with Crippen molar-refractivity contribution in [2.24, 2.45) is 0 Å². The molecule has 4 nitrogen and oxygen atoms in total. The Labute approximate surface area is 157 Å². The number of hydrogen-bond acceptors (Lipinski definition) is 4. The number of benzene rings is 2. The van der Waals surface area contributed by atoms with Crippen molar-refractivity contribution in [2.75, 3.05) is 0 Å². The highest BCUT2D eigenvalue weighted by Crippen LogP contribution is 2.35. The summed E-state index contributed by atoms with van der Waals surface area (Å²) in [6.45, 7) is 3.69. The fourth-order valence-corrected chi connectivity index (χ4v) is 3.84. The first-order chi connectivity index (χ1) is 13.0. The molecule has 3 aromatic rings. The number of ketones is 1. The van der Waals surface area contributed by atoms with E-state index in [-0.39, 0.29) is 11.4 Å². The van der Waals surface area contributed by atoms with Crippen LogP contribution in [0.3, 0.4) is 0 Å². The summed E-state index contributed by atoms with van der Waals surface area (Å²) in [5.74, 6) is 0.542. The van der Waals surface area contributed by atoms with Crippen LogP contribution in [-0.4, -0.2) is 11.9 Å². The number of aryl methyl sites for hydroxylation is 2. The molecule has 0 N–H and O–H groups in total. The molecule has 0 radical (unpaired) electrons. The van der Waals surface area contributed by atoms with Gasteiger partial charge in [0.05, 0.1) is 5.39 Å². The molecular formula is C23H22O4. The van der Waals surface area contributed by atoms with E-state index in [0.717, 1.165) is 47.8 Å². The van der Waals surface area contributed by atoms with Crippen LogP contribution >= 0.6 is 0 Å². The lowest BCUT2D eigenvalue weighted by Gasteiger charge is -2.20. The van der Waals surface area contributed by atoms with Crippen molar-refractivity contribution in [3.63, 3.8) is 0 Å². The van der Waals surface area contributed by atoms with Crippen molar-refractivity contribution >= 4 is 16.8 Å². The Morgan fingerprint density at radius 3 is 2.52 bits per heavy atom. The van der Waals surface area contributed by atoms with Crippen molar-refractivity contribution in [3.8, 4) is 5.75 Å². The van der Waals surface area contributed by atoms with Crippen LogP contribution in [0.15, 0.2) is 51.7 Å². The van der Waals surface area contributed by atoms with Crippen LogP contribution < -0.4 is 10.4 Å². The summed E-state index contributed by atoms with van der Waals surface area (Å²) in [5.41, 5.74) is 3.61. The maximum absolute atomic E-state index is 12.7. The first kappa shape index (κ1) is 17.5. The lowest BCUT2D eigenvalue weighted by molar-refractivity contribution is 0.0820. The molecule has 0 fully saturated rings. The highest BCUT2D eigenvalue weighted by molar-refractivity contribution is 5.99. The Hall–Kier alpha value is -2.88. The van der Waals surface area contributed by atoms with Crippen molar-refractivity contribution in [2.45, 2.75) is 45.6 Å². The largest absolute Gasteiger partial charge is 0.482 e. The van der Waals surface area contributed by atoms with Crippen LogP contribution in [-0.2, 0) is 12.8 Å². The summed E-state index contributed by atoms with van der Waals surface area (Å²) >= 11 is 0. The standard InChI is InChI=1S/C23H22O4/c1-14-12-19(26-15(2)22(24)16-8-4-3-5-9-16)21-17-10-6-7-11-18(17)23(25)27-20(21)13-14/h3-5,8-9,12-13,15H,6-7,10-11H2,1-2H3/t15-/m1/s1. The van der Waals surface area contributed by atoms with E-state index in [1.165, 1.54) is 0 Å². The second-order valence-corrected chi connectivity index (χ2v) is 7.18. The fourth-order valence-electron chi connectivity index (χ4n) is 3.84. The van der Waals surface area contributed by atoms with Gasteiger partial charge in [-0.25, -0.2) is 4.79 Å². The van der Waals surface area contributed by atoms with Crippen LogP contribution in [0.4, 0.5) is 0 Å². The highest BCUT2D eigenvalue weighted by Gasteiger charge is 2.23. The molecule has 0 saturated heterocycles. The zero-order valence-corrected chi connectivity index (χ0v) is 15.6. The summed E-state index contributed by atoms with van der Waals surface area (Å²) in [5, 5.41) is 0.836. The molecule has 1 aromatic heterocycles. The van der Waals surface area contributed by atoms with Gasteiger partial charge in [0.15, 0.2) is 6.10 Å². The van der Waals surface area contributed by atoms with Gasteiger partial charge in [0.1, 0.15) is 11.3 Å². The Morgan fingerprint density at radius 1 is 1.07 bits per heavy atom. The number of fused-ring (bicyclic) bond motifs is 3. The third-order valence-electron chi connectivity index (χ3n) is 5.16. The van der Waals surface area contributed by atoms with Gasteiger partial charge in [0.25, 0.3) is 0 Å². The van der Waals surface area contributed by atoms with Crippen molar-refractivity contribution in [3.05, 3.63) is 75.1 Å². The molecule has 1 heterocycles. The van der Waals surface area contributed by atoms with Gasteiger partial charge in [-0.1, -0.05) is 30.3 Å². The molecule has 4 rings (SSSR count). The first-order valence-corrected chi connectivity index (χ1v) is 9.39. The summed E-state index contributed by atoms with van der Waals surface area (Å²) in [6.07, 6.45) is 2.96. The topological polar surface area (TPSA) is 56.5 Å². The van der Waals surface area contributed by atoms with Gasteiger partial charge in [-0.15, -0.1) is 0 Å². The van der Waals surface area contributed by atoms with Gasteiger partial charge < -0.3 is 9.15 Å². The lowest BCUT2D eigenvalue weighted by Crippen LogP contribution is -2.24. The zero-order valence-electron chi connectivity index (χ0n) is 15.6. The van der Waals surface area contributed by atoms with E-state index in [4.69, 9.17) is 9.15 Å². The number of carbonyl (C=O) groups is 1. The van der Waals surface area contributed by atoms with Gasteiger partial charge >= 0.3 is 5.63 Å². The predicted octanol–water partition coefficient (Wildman–Crippen LogP) is 4.63. The quantitative estimate of drug-likeness (QED) is 0.501. The Balaban J connectivity index is 1.79. The van der Waals surface area contributed by atoms with Crippen molar-refractivity contribution in [1.82, 2.24) is 0 Å². The lowest BCUT2D eigenvalue weighted by atomic mass is 9.90. The van der Waals surface area contributed by atoms with Crippen molar-refractivity contribution in [1.29, 1.82) is 0 Å². The molecule has 4 heteroatoms. The van der Waals surface area contributed by atoms with E-state index in [0.29, 0.717) is 16.9 Å². The molecule has 1 aliphatic carbocycles. The maximum atomic E-state index is 12.7. The number of Topliss-reactive ketones (excluding diaryl/α,β-unsaturated/α-hetero) is 1. The average molecular weight is 362 g/mol.